The van der Waals surface area contributed by atoms with E-state index in [1.54, 1.807) is 18.2 Å². The Labute approximate surface area is 206 Å². The molecule has 0 spiro atoms. The number of carbonyl (C=O) groups is 2. The molecule has 1 heterocycles. The van der Waals surface area contributed by atoms with Crippen LogP contribution in [-0.4, -0.2) is 23.3 Å². The fraction of sp³-hybridized carbons (Fsp3) is 0.208. The van der Waals surface area contributed by atoms with Crippen LogP contribution in [0.5, 0.6) is 0 Å². The summed E-state index contributed by atoms with van der Waals surface area (Å²) >= 11 is 6.26. The molecule has 0 unspecified atom stereocenters. The number of amides is 2. The number of halogens is 7. The Kier molecular flexibility index (Phi) is 7.35. The Morgan fingerprint density at radius 1 is 0.972 bits per heavy atom. The number of primary amides is 1. The van der Waals surface area contributed by atoms with Gasteiger partial charge in [-0.2, -0.15) is 26.3 Å². The lowest BCUT2D eigenvalue weighted by Crippen LogP contribution is -2.39. The summed E-state index contributed by atoms with van der Waals surface area (Å²) in [6, 6.07) is 8.16. The van der Waals surface area contributed by atoms with Crippen molar-refractivity contribution in [3.63, 3.8) is 0 Å². The smallest absolute Gasteiger partial charge is 0.368 e. The predicted octanol–water partition coefficient (Wildman–Crippen LogP) is 6.19. The van der Waals surface area contributed by atoms with Gasteiger partial charge in [0, 0.05) is 27.9 Å². The number of rotatable bonds is 5. The molecule has 36 heavy (non-hydrogen) atoms. The van der Waals surface area contributed by atoms with Gasteiger partial charge in [-0.15, -0.1) is 0 Å². The van der Waals surface area contributed by atoms with Gasteiger partial charge in [0.1, 0.15) is 6.54 Å². The van der Waals surface area contributed by atoms with Gasteiger partial charge in [0.25, 0.3) is 5.91 Å². The first-order chi connectivity index (χ1) is 16.6. The van der Waals surface area contributed by atoms with Gasteiger partial charge >= 0.3 is 12.4 Å². The van der Waals surface area contributed by atoms with Crippen molar-refractivity contribution in [3.8, 4) is 11.1 Å². The van der Waals surface area contributed by atoms with Gasteiger partial charge in [0.05, 0.1) is 23.0 Å². The number of alkyl halides is 6. The lowest BCUT2D eigenvalue weighted by molar-refractivity contribution is -0.144. The van der Waals surface area contributed by atoms with Crippen LogP contribution in [0.2, 0.25) is 5.02 Å². The zero-order chi connectivity index (χ0) is 27.0. The molecule has 2 N–H and O–H groups in total. The van der Waals surface area contributed by atoms with E-state index in [1.807, 2.05) is 0 Å². The number of hydrogen-bond acceptors (Lipinski definition) is 3. The average Bonchev–Trinajstić information content (AvgIpc) is 2.76. The maximum atomic E-state index is 13.8. The van der Waals surface area contributed by atoms with E-state index >= 15 is 0 Å². The summed E-state index contributed by atoms with van der Waals surface area (Å²) < 4.78 is 82.4. The van der Waals surface area contributed by atoms with E-state index in [9.17, 15) is 35.9 Å². The Bertz CT molecular complexity index is 1340. The first-order valence-corrected chi connectivity index (χ1v) is 10.6. The Morgan fingerprint density at radius 2 is 1.61 bits per heavy atom. The first-order valence-electron chi connectivity index (χ1n) is 10.2. The Balaban J connectivity index is 2.31. The molecule has 0 fully saturated rings. The maximum Gasteiger partial charge on any atom is 0.416 e. The summed E-state index contributed by atoms with van der Waals surface area (Å²) in [5.74, 6) is -2.36. The number of nitrogens with zero attached hydrogens (tertiary/aromatic N) is 2. The van der Waals surface area contributed by atoms with Crippen LogP contribution < -0.4 is 10.6 Å². The number of carbonyl (C=O) groups excluding carboxylic acids is 2. The van der Waals surface area contributed by atoms with E-state index < -0.39 is 58.5 Å². The largest absolute Gasteiger partial charge is 0.416 e. The number of anilines is 1. The summed E-state index contributed by atoms with van der Waals surface area (Å²) in [5, 5.41) is 0.238. The second-order valence-corrected chi connectivity index (χ2v) is 8.23. The average molecular weight is 530 g/mol. The molecule has 0 radical (unpaired) electrons. The topological polar surface area (TPSA) is 76.3 Å². The molecule has 1 aromatic heterocycles. The van der Waals surface area contributed by atoms with Crippen LogP contribution >= 0.6 is 11.6 Å². The van der Waals surface area contributed by atoms with Gasteiger partial charge in [-0.05, 0) is 43.2 Å². The Hall–Kier alpha value is -3.60. The summed E-state index contributed by atoms with van der Waals surface area (Å²) in [6.07, 6.45) is -7.89. The highest BCUT2D eigenvalue weighted by Crippen LogP contribution is 2.43. The van der Waals surface area contributed by atoms with Crippen LogP contribution in [0, 0.1) is 13.8 Å². The van der Waals surface area contributed by atoms with E-state index in [0.717, 1.165) is 13.1 Å². The molecule has 3 aromatic rings. The third-order valence-corrected chi connectivity index (χ3v) is 5.81. The quantitative estimate of drug-likeness (QED) is 0.401. The third-order valence-electron chi connectivity index (χ3n) is 5.48. The van der Waals surface area contributed by atoms with Crippen LogP contribution in [-0.2, 0) is 17.1 Å². The highest BCUT2D eigenvalue weighted by Gasteiger charge is 2.43. The van der Waals surface area contributed by atoms with Crippen molar-refractivity contribution in [1.29, 1.82) is 0 Å². The second kappa shape index (κ2) is 9.81. The summed E-state index contributed by atoms with van der Waals surface area (Å²) in [4.78, 5) is 30.0. The summed E-state index contributed by atoms with van der Waals surface area (Å²) in [7, 11) is 0. The van der Waals surface area contributed by atoms with Gasteiger partial charge < -0.3 is 5.73 Å². The molecule has 0 aliphatic carbocycles. The Morgan fingerprint density at radius 3 is 2.17 bits per heavy atom. The van der Waals surface area contributed by atoms with Crippen LogP contribution in [0.15, 0.2) is 48.8 Å². The van der Waals surface area contributed by atoms with Gasteiger partial charge in [0.15, 0.2) is 0 Å². The lowest BCUT2D eigenvalue weighted by atomic mass is 9.91. The molecule has 2 aromatic carbocycles. The normalized spacial score (nSPS) is 11.9. The van der Waals surface area contributed by atoms with Crippen molar-refractivity contribution in [2.24, 2.45) is 5.73 Å². The highest BCUT2D eigenvalue weighted by atomic mass is 35.5. The van der Waals surface area contributed by atoms with Crippen molar-refractivity contribution in [3.05, 3.63) is 81.6 Å². The first kappa shape index (κ1) is 27.0. The van der Waals surface area contributed by atoms with Gasteiger partial charge in [-0.1, -0.05) is 29.8 Å². The molecule has 0 aliphatic heterocycles. The molecule has 5 nitrogen and oxygen atoms in total. The third kappa shape index (κ3) is 5.30. The molecule has 0 bridgehead atoms. The minimum absolute atomic E-state index is 0.0866. The van der Waals surface area contributed by atoms with Crippen LogP contribution in [0.4, 0.5) is 32.0 Å². The molecule has 0 saturated carbocycles. The lowest BCUT2D eigenvalue weighted by Gasteiger charge is -2.27. The fourth-order valence-electron chi connectivity index (χ4n) is 3.93. The van der Waals surface area contributed by atoms with Gasteiger partial charge in [-0.25, -0.2) is 0 Å². The zero-order valence-electron chi connectivity index (χ0n) is 18.8. The van der Waals surface area contributed by atoms with Crippen molar-refractivity contribution in [1.82, 2.24) is 4.98 Å². The molecule has 3 rings (SSSR count). The predicted molar refractivity (Wildman–Crippen MR) is 121 cm³/mol. The van der Waals surface area contributed by atoms with Crippen LogP contribution in [0.3, 0.4) is 0 Å². The number of benzene rings is 2. The van der Waals surface area contributed by atoms with E-state index in [4.69, 9.17) is 17.3 Å². The summed E-state index contributed by atoms with van der Waals surface area (Å²) in [6.45, 7) is 0.729. The fourth-order valence-corrected chi connectivity index (χ4v) is 4.17. The van der Waals surface area contributed by atoms with Crippen molar-refractivity contribution < 1.29 is 35.9 Å². The van der Waals surface area contributed by atoms with Crippen molar-refractivity contribution in [2.75, 3.05) is 11.4 Å². The highest BCUT2D eigenvalue weighted by molar-refractivity contribution is 6.33. The van der Waals surface area contributed by atoms with Gasteiger partial charge in [0.2, 0.25) is 5.91 Å². The van der Waals surface area contributed by atoms with Crippen LogP contribution in [0.1, 0.15) is 32.6 Å². The van der Waals surface area contributed by atoms with E-state index in [2.05, 4.69) is 4.98 Å². The second-order valence-electron chi connectivity index (χ2n) is 7.82. The maximum absolute atomic E-state index is 13.8. The molecule has 0 atom stereocenters. The molecule has 190 valence electrons. The van der Waals surface area contributed by atoms with E-state index in [1.165, 1.54) is 18.3 Å². The van der Waals surface area contributed by atoms with Gasteiger partial charge in [-0.3, -0.25) is 19.5 Å². The zero-order valence-corrected chi connectivity index (χ0v) is 19.5. The molecule has 0 saturated heterocycles. The summed E-state index contributed by atoms with van der Waals surface area (Å²) in [5.41, 5.74) is -0.0633. The molecular formula is C24H18ClF6N3O2. The molecule has 12 heteroatoms. The minimum atomic E-state index is -5.18. The number of pyridine rings is 1. The number of hydrogen-bond donors (Lipinski definition) is 1. The molecular weight excluding hydrogens is 512 g/mol. The SMILES string of the molecule is Cc1c(C(=O)N(CC(N)=O)c2cnccc2-c2ccccc2Cl)cc(C(F)(F)F)c(C)c1C(F)(F)F. The molecule has 0 aliphatic rings. The van der Waals surface area contributed by atoms with Crippen molar-refractivity contribution >= 4 is 29.1 Å². The van der Waals surface area contributed by atoms with E-state index in [0.29, 0.717) is 23.5 Å². The van der Waals surface area contributed by atoms with E-state index in [-0.39, 0.29) is 16.3 Å². The minimum Gasteiger partial charge on any atom is -0.368 e. The van der Waals surface area contributed by atoms with Crippen LogP contribution in [0.25, 0.3) is 11.1 Å². The monoisotopic (exact) mass is 529 g/mol. The molecule has 2 amide bonds. The van der Waals surface area contributed by atoms with Crippen molar-refractivity contribution in [2.45, 2.75) is 26.2 Å². The number of nitrogens with two attached hydrogens (primary N) is 1. The number of aromatic nitrogens is 1. The standard InChI is InChI=1S/C24H18ClF6N3O2/c1-12-16(9-17(23(26,27)28)13(2)21(12)24(29,30)31)22(36)34(11-20(32)35)19-10-33-8-7-15(19)14-5-3-4-6-18(14)25/h3-10H,11H2,1-2H3,(H2,32,35).